The van der Waals surface area contributed by atoms with Crippen molar-refractivity contribution >= 4 is 33.4 Å². The van der Waals surface area contributed by atoms with Crippen molar-refractivity contribution in [3.63, 3.8) is 0 Å². The number of nitrogens with one attached hydrogen (secondary N) is 1. The molecule has 0 saturated heterocycles. The van der Waals surface area contributed by atoms with Crippen molar-refractivity contribution in [3.05, 3.63) is 86.4 Å². The lowest BCUT2D eigenvalue weighted by Gasteiger charge is -2.18. The number of hydrogen-bond donors (Lipinski definition) is 1. The zero-order valence-electron chi connectivity index (χ0n) is 15.2. The zero-order chi connectivity index (χ0) is 19.9. The number of carbonyl (C=O) groups is 1. The smallest absolute Gasteiger partial charge is 0.257 e. The van der Waals surface area contributed by atoms with Crippen LogP contribution in [0.15, 0.2) is 53.0 Å². The van der Waals surface area contributed by atoms with Crippen LogP contribution in [-0.4, -0.2) is 15.7 Å². The second-order valence-corrected chi connectivity index (χ2v) is 8.35. The summed E-state index contributed by atoms with van der Waals surface area (Å²) in [6.07, 6.45) is 1.78. The average molecular weight is 463 g/mol. The Labute approximate surface area is 175 Å². The molecule has 28 heavy (non-hydrogen) atoms. The molecule has 0 unspecified atom stereocenters. The first-order valence-electron chi connectivity index (χ1n) is 8.94. The topological polar surface area (TPSA) is 46.9 Å². The number of carbonyl (C=O) groups excluding carboxylic acids is 1. The fourth-order valence-corrected chi connectivity index (χ4v) is 3.92. The molecule has 0 radical (unpaired) electrons. The Hall–Kier alpha value is -2.18. The van der Waals surface area contributed by atoms with Gasteiger partial charge in [-0.2, -0.15) is 5.10 Å². The first-order valence-corrected chi connectivity index (χ1v) is 10.1. The van der Waals surface area contributed by atoms with Crippen LogP contribution in [0.5, 0.6) is 0 Å². The van der Waals surface area contributed by atoms with E-state index in [2.05, 4.69) is 26.3 Å². The van der Waals surface area contributed by atoms with E-state index in [1.54, 1.807) is 23.7 Å². The normalized spacial score (nSPS) is 14.7. The van der Waals surface area contributed by atoms with E-state index in [-0.39, 0.29) is 22.4 Å². The molecule has 4 rings (SSSR count). The predicted molar refractivity (Wildman–Crippen MR) is 110 cm³/mol. The van der Waals surface area contributed by atoms with Crippen LogP contribution in [-0.2, 0) is 12.1 Å². The van der Waals surface area contributed by atoms with E-state index < -0.39 is 0 Å². The maximum atomic E-state index is 13.1. The molecule has 0 atom stereocenters. The third-order valence-corrected chi connectivity index (χ3v) is 5.95. The molecule has 3 aromatic rings. The SMILES string of the molecule is Cc1nn(Cc2ccc(F)cc2)c(Cl)c1C(=O)NC1(c2ccc(Br)cc2)CC1. The molecule has 144 valence electrons. The Morgan fingerprint density at radius 3 is 2.46 bits per heavy atom. The number of aryl methyl sites for hydroxylation is 1. The minimum atomic E-state index is -0.341. The Morgan fingerprint density at radius 1 is 1.21 bits per heavy atom. The summed E-state index contributed by atoms with van der Waals surface area (Å²) in [7, 11) is 0. The van der Waals surface area contributed by atoms with Crippen molar-refractivity contribution < 1.29 is 9.18 Å². The summed E-state index contributed by atoms with van der Waals surface area (Å²) in [5.74, 6) is -0.525. The summed E-state index contributed by atoms with van der Waals surface area (Å²) in [6, 6.07) is 14.1. The van der Waals surface area contributed by atoms with Crippen LogP contribution < -0.4 is 5.32 Å². The summed E-state index contributed by atoms with van der Waals surface area (Å²) in [5, 5.41) is 7.84. The van der Waals surface area contributed by atoms with Gasteiger partial charge in [-0.25, -0.2) is 9.07 Å². The van der Waals surface area contributed by atoms with Gasteiger partial charge in [-0.1, -0.05) is 51.8 Å². The molecule has 1 aromatic heterocycles. The van der Waals surface area contributed by atoms with Crippen LogP contribution in [0.25, 0.3) is 0 Å². The van der Waals surface area contributed by atoms with Gasteiger partial charge < -0.3 is 5.32 Å². The minimum absolute atomic E-state index is 0.228. The van der Waals surface area contributed by atoms with Gasteiger partial charge >= 0.3 is 0 Å². The lowest BCUT2D eigenvalue weighted by molar-refractivity contribution is 0.0930. The zero-order valence-corrected chi connectivity index (χ0v) is 17.5. The molecule has 1 saturated carbocycles. The van der Waals surface area contributed by atoms with Crippen molar-refractivity contribution in [2.45, 2.75) is 31.8 Å². The Kier molecular flexibility index (Phi) is 5.02. The van der Waals surface area contributed by atoms with E-state index in [9.17, 15) is 9.18 Å². The van der Waals surface area contributed by atoms with E-state index in [0.29, 0.717) is 17.8 Å². The van der Waals surface area contributed by atoms with Gasteiger partial charge in [0, 0.05) is 4.47 Å². The van der Waals surface area contributed by atoms with Gasteiger partial charge in [-0.05, 0) is 55.2 Å². The summed E-state index contributed by atoms with van der Waals surface area (Å²) in [5.41, 5.74) is 2.54. The monoisotopic (exact) mass is 461 g/mol. The van der Waals surface area contributed by atoms with Crippen molar-refractivity contribution in [2.24, 2.45) is 0 Å². The van der Waals surface area contributed by atoms with Crippen LogP contribution in [0.2, 0.25) is 5.15 Å². The average Bonchev–Trinajstić information content (AvgIpc) is 3.38. The number of nitrogens with zero attached hydrogens (tertiary/aromatic N) is 2. The molecule has 1 amide bonds. The van der Waals surface area contributed by atoms with Crippen LogP contribution >= 0.6 is 27.5 Å². The van der Waals surface area contributed by atoms with Crippen LogP contribution in [0.3, 0.4) is 0 Å². The third-order valence-electron chi connectivity index (χ3n) is 5.04. The molecule has 7 heteroatoms. The number of aromatic nitrogens is 2. The summed E-state index contributed by atoms with van der Waals surface area (Å²) in [4.78, 5) is 13.0. The van der Waals surface area contributed by atoms with E-state index in [4.69, 9.17) is 11.6 Å². The van der Waals surface area contributed by atoms with Crippen molar-refractivity contribution in [1.82, 2.24) is 15.1 Å². The fourth-order valence-electron chi connectivity index (χ4n) is 3.34. The van der Waals surface area contributed by atoms with Gasteiger partial charge in [-0.3, -0.25) is 4.79 Å². The molecule has 2 aromatic carbocycles. The van der Waals surface area contributed by atoms with Crippen LogP contribution in [0.4, 0.5) is 4.39 Å². The molecule has 0 aliphatic heterocycles. The first-order chi connectivity index (χ1) is 13.4. The highest BCUT2D eigenvalue weighted by Crippen LogP contribution is 2.46. The molecular weight excluding hydrogens is 445 g/mol. The van der Waals surface area contributed by atoms with Gasteiger partial charge in [0.05, 0.1) is 23.3 Å². The molecule has 0 bridgehead atoms. The van der Waals surface area contributed by atoms with E-state index >= 15 is 0 Å². The quantitative estimate of drug-likeness (QED) is 0.565. The van der Waals surface area contributed by atoms with E-state index in [1.165, 1.54) is 12.1 Å². The lowest BCUT2D eigenvalue weighted by atomic mass is 10.0. The number of halogens is 3. The van der Waals surface area contributed by atoms with E-state index in [0.717, 1.165) is 28.4 Å². The highest BCUT2D eigenvalue weighted by Gasteiger charge is 2.46. The first kappa shape index (κ1) is 19.2. The number of amides is 1. The molecule has 1 N–H and O–H groups in total. The number of rotatable bonds is 5. The summed E-state index contributed by atoms with van der Waals surface area (Å²) >= 11 is 9.92. The number of benzene rings is 2. The molecule has 1 fully saturated rings. The Bertz CT molecular complexity index is 1030. The third kappa shape index (κ3) is 3.71. The lowest BCUT2D eigenvalue weighted by Crippen LogP contribution is -2.35. The fraction of sp³-hybridized carbons (Fsp3) is 0.238. The van der Waals surface area contributed by atoms with Crippen molar-refractivity contribution in [3.8, 4) is 0 Å². The summed E-state index contributed by atoms with van der Waals surface area (Å²) < 4.78 is 15.7. The maximum absolute atomic E-state index is 13.1. The Morgan fingerprint density at radius 2 is 1.86 bits per heavy atom. The summed E-state index contributed by atoms with van der Waals surface area (Å²) in [6.45, 7) is 2.13. The van der Waals surface area contributed by atoms with Crippen molar-refractivity contribution in [1.29, 1.82) is 0 Å². The van der Waals surface area contributed by atoms with Gasteiger partial charge in [0.1, 0.15) is 11.0 Å². The molecule has 0 spiro atoms. The minimum Gasteiger partial charge on any atom is -0.342 e. The molecular formula is C21H18BrClFN3O. The van der Waals surface area contributed by atoms with Gasteiger partial charge in [0.2, 0.25) is 0 Å². The highest BCUT2D eigenvalue weighted by molar-refractivity contribution is 9.10. The highest BCUT2D eigenvalue weighted by atomic mass is 79.9. The largest absolute Gasteiger partial charge is 0.342 e. The molecule has 1 aliphatic rings. The standard InChI is InChI=1S/C21H18BrClFN3O/c1-13-18(19(23)27(26-13)12-14-2-8-17(24)9-3-14)20(28)25-21(10-11-21)15-4-6-16(22)7-5-15/h2-9H,10-12H2,1H3,(H,25,28). The van der Waals surface area contributed by atoms with Crippen molar-refractivity contribution in [2.75, 3.05) is 0 Å². The van der Waals surface area contributed by atoms with Crippen LogP contribution in [0, 0.1) is 12.7 Å². The Balaban J connectivity index is 1.55. The van der Waals surface area contributed by atoms with E-state index in [1.807, 2.05) is 24.3 Å². The number of hydrogen-bond acceptors (Lipinski definition) is 2. The van der Waals surface area contributed by atoms with Gasteiger partial charge in [-0.15, -0.1) is 0 Å². The van der Waals surface area contributed by atoms with Crippen LogP contribution in [0.1, 0.15) is 40.0 Å². The molecule has 4 nitrogen and oxygen atoms in total. The molecule has 1 heterocycles. The predicted octanol–water partition coefficient (Wildman–Crippen LogP) is 5.21. The van der Waals surface area contributed by atoms with Gasteiger partial charge in [0.15, 0.2) is 0 Å². The molecule has 1 aliphatic carbocycles. The maximum Gasteiger partial charge on any atom is 0.257 e. The van der Waals surface area contributed by atoms with Gasteiger partial charge in [0.25, 0.3) is 5.91 Å². The second-order valence-electron chi connectivity index (χ2n) is 7.08. The second kappa shape index (κ2) is 7.33.